The number of piperazine rings is 1. The maximum Gasteiger partial charge on any atom is 0.258 e. The van der Waals surface area contributed by atoms with E-state index in [2.05, 4.69) is 17.4 Å². The number of hydrogen-bond acceptors (Lipinski definition) is 4. The topological polar surface area (TPSA) is 35.6 Å². The lowest BCUT2D eigenvalue weighted by Gasteiger charge is -2.31. The predicted octanol–water partition coefficient (Wildman–Crippen LogP) is 2.85. The number of benzene rings is 1. The molecular formula is C16H18ClN3OS. The Bertz CT molecular complexity index is 704. The molecule has 3 rings (SSSR count). The van der Waals surface area contributed by atoms with E-state index in [0.29, 0.717) is 5.02 Å². The number of nitrogens with zero attached hydrogens (tertiary/aromatic N) is 2. The van der Waals surface area contributed by atoms with Crippen LogP contribution in [0.15, 0.2) is 30.3 Å². The zero-order valence-electron chi connectivity index (χ0n) is 12.4. The van der Waals surface area contributed by atoms with Crippen molar-refractivity contribution in [1.29, 1.82) is 0 Å². The molecule has 0 atom stereocenters. The minimum Gasteiger partial charge on any atom is -0.304 e. The third kappa shape index (κ3) is 3.50. The first kappa shape index (κ1) is 15.5. The van der Waals surface area contributed by atoms with Gasteiger partial charge in [-0.05, 0) is 19.2 Å². The van der Waals surface area contributed by atoms with Gasteiger partial charge in [0.25, 0.3) is 5.91 Å². The molecule has 2 aromatic rings. The van der Waals surface area contributed by atoms with E-state index < -0.39 is 0 Å². The van der Waals surface area contributed by atoms with Crippen molar-refractivity contribution in [3.05, 3.63) is 40.2 Å². The lowest BCUT2D eigenvalue weighted by atomic mass is 10.2. The number of hydrogen-bond donors (Lipinski definition) is 1. The van der Waals surface area contributed by atoms with Gasteiger partial charge in [-0.15, -0.1) is 11.3 Å². The van der Waals surface area contributed by atoms with Crippen LogP contribution in [0.2, 0.25) is 5.02 Å². The molecule has 0 aliphatic carbocycles. The summed E-state index contributed by atoms with van der Waals surface area (Å²) in [5, 5.41) is 3.71. The van der Waals surface area contributed by atoms with Gasteiger partial charge in [0.2, 0.25) is 0 Å². The lowest BCUT2D eigenvalue weighted by Crippen LogP contribution is -2.52. The van der Waals surface area contributed by atoms with E-state index in [0.717, 1.165) is 41.1 Å². The second-order valence-electron chi connectivity index (χ2n) is 5.38. The van der Waals surface area contributed by atoms with Crippen molar-refractivity contribution in [2.45, 2.75) is 0 Å². The molecule has 0 saturated carbocycles. The van der Waals surface area contributed by atoms with Crippen LogP contribution in [0, 0.1) is 0 Å². The van der Waals surface area contributed by atoms with Crippen LogP contribution >= 0.6 is 22.9 Å². The quantitative estimate of drug-likeness (QED) is 0.876. The first-order valence-electron chi connectivity index (χ1n) is 7.23. The summed E-state index contributed by atoms with van der Waals surface area (Å²) in [4.78, 5) is 15.2. The Kier molecular flexibility index (Phi) is 4.78. The third-order valence-corrected chi connectivity index (χ3v) is 5.37. The van der Waals surface area contributed by atoms with Crippen LogP contribution in [0.3, 0.4) is 0 Å². The highest BCUT2D eigenvalue weighted by Crippen LogP contribution is 2.35. The summed E-state index contributed by atoms with van der Waals surface area (Å²) in [6.07, 6.45) is 3.34. The average molecular weight is 336 g/mol. The molecule has 1 fully saturated rings. The van der Waals surface area contributed by atoms with Crippen LogP contribution < -0.4 is 5.43 Å². The van der Waals surface area contributed by atoms with Crippen molar-refractivity contribution >= 4 is 45.0 Å². The molecule has 116 valence electrons. The van der Waals surface area contributed by atoms with Gasteiger partial charge in [0.1, 0.15) is 0 Å². The highest BCUT2D eigenvalue weighted by molar-refractivity contribution is 7.20. The van der Waals surface area contributed by atoms with Crippen LogP contribution in [0.4, 0.5) is 0 Å². The number of amides is 1. The third-order valence-electron chi connectivity index (χ3n) is 3.72. The van der Waals surface area contributed by atoms with Crippen molar-refractivity contribution in [3.8, 4) is 0 Å². The van der Waals surface area contributed by atoms with Crippen molar-refractivity contribution in [2.75, 3.05) is 33.2 Å². The zero-order chi connectivity index (χ0) is 15.5. The summed E-state index contributed by atoms with van der Waals surface area (Å²) in [6, 6.07) is 7.99. The molecule has 6 heteroatoms. The number of thiophene rings is 1. The Labute approximate surface area is 138 Å². The number of halogens is 1. The summed E-state index contributed by atoms with van der Waals surface area (Å²) in [5.74, 6) is -0.113. The second kappa shape index (κ2) is 6.79. The number of nitrogens with one attached hydrogen (secondary N) is 1. The summed E-state index contributed by atoms with van der Waals surface area (Å²) in [7, 11) is 2.09. The molecule has 1 saturated heterocycles. The SMILES string of the molecule is CN1CCN(NC(=O)/C=C/c2sc3ccccc3c2Cl)CC1. The number of rotatable bonds is 3. The minimum absolute atomic E-state index is 0.113. The monoisotopic (exact) mass is 335 g/mol. The Morgan fingerprint density at radius 3 is 2.73 bits per heavy atom. The number of hydrazine groups is 1. The van der Waals surface area contributed by atoms with Gasteiger partial charge in [-0.3, -0.25) is 10.2 Å². The van der Waals surface area contributed by atoms with E-state index in [-0.39, 0.29) is 5.91 Å². The van der Waals surface area contributed by atoms with Gasteiger partial charge in [0, 0.05) is 47.2 Å². The van der Waals surface area contributed by atoms with E-state index in [4.69, 9.17) is 11.6 Å². The molecule has 0 spiro atoms. The molecule has 1 aromatic carbocycles. The zero-order valence-corrected chi connectivity index (χ0v) is 14.0. The molecule has 1 aromatic heterocycles. The molecule has 0 radical (unpaired) electrons. The summed E-state index contributed by atoms with van der Waals surface area (Å²) in [5.41, 5.74) is 2.91. The number of carbonyl (C=O) groups is 1. The smallest absolute Gasteiger partial charge is 0.258 e. The minimum atomic E-state index is -0.113. The van der Waals surface area contributed by atoms with Crippen molar-refractivity contribution in [3.63, 3.8) is 0 Å². The molecule has 0 bridgehead atoms. The molecular weight excluding hydrogens is 318 g/mol. The fourth-order valence-corrected chi connectivity index (χ4v) is 3.80. The van der Waals surface area contributed by atoms with Gasteiger partial charge in [0.15, 0.2) is 0 Å². The van der Waals surface area contributed by atoms with Crippen LogP contribution in [-0.2, 0) is 4.79 Å². The fourth-order valence-electron chi connectivity index (χ4n) is 2.40. The molecule has 1 aliphatic rings. The van der Waals surface area contributed by atoms with Crippen molar-refractivity contribution in [2.24, 2.45) is 0 Å². The summed E-state index contributed by atoms with van der Waals surface area (Å²) in [6.45, 7) is 3.62. The van der Waals surface area contributed by atoms with Gasteiger partial charge < -0.3 is 4.90 Å². The number of likely N-dealkylation sites (N-methyl/N-ethyl adjacent to an activating group) is 1. The average Bonchev–Trinajstić information content (AvgIpc) is 2.84. The van der Waals surface area contributed by atoms with E-state index in [1.165, 1.54) is 0 Å². The second-order valence-corrected chi connectivity index (χ2v) is 6.84. The maximum atomic E-state index is 12.0. The lowest BCUT2D eigenvalue weighted by molar-refractivity contribution is -0.121. The molecule has 22 heavy (non-hydrogen) atoms. The summed E-state index contributed by atoms with van der Waals surface area (Å²) >= 11 is 7.95. The Morgan fingerprint density at radius 2 is 2.00 bits per heavy atom. The van der Waals surface area contributed by atoms with Gasteiger partial charge in [-0.2, -0.15) is 0 Å². The van der Waals surface area contributed by atoms with Gasteiger partial charge in [0.05, 0.1) is 5.02 Å². The molecule has 0 unspecified atom stereocenters. The normalized spacial score (nSPS) is 17.4. The van der Waals surface area contributed by atoms with Gasteiger partial charge in [-0.25, -0.2) is 5.01 Å². The first-order chi connectivity index (χ1) is 10.6. The van der Waals surface area contributed by atoms with Crippen molar-refractivity contribution in [1.82, 2.24) is 15.3 Å². The Hall–Kier alpha value is -1.40. The van der Waals surface area contributed by atoms with Gasteiger partial charge in [-0.1, -0.05) is 29.8 Å². The number of fused-ring (bicyclic) bond motifs is 1. The standard InChI is InChI=1S/C16H18ClN3OS/c1-19-8-10-20(11-9-19)18-15(21)7-6-14-16(17)12-4-2-3-5-13(12)22-14/h2-7H,8-11H2,1H3,(H,18,21)/b7-6+. The first-order valence-corrected chi connectivity index (χ1v) is 8.42. The molecule has 1 amide bonds. The maximum absolute atomic E-state index is 12.0. The van der Waals surface area contributed by atoms with E-state index in [9.17, 15) is 4.79 Å². The molecule has 2 heterocycles. The molecule has 1 N–H and O–H groups in total. The number of carbonyl (C=O) groups excluding carboxylic acids is 1. The van der Waals surface area contributed by atoms with E-state index in [1.54, 1.807) is 23.5 Å². The Morgan fingerprint density at radius 1 is 1.27 bits per heavy atom. The van der Waals surface area contributed by atoms with Crippen LogP contribution in [-0.4, -0.2) is 49.0 Å². The summed E-state index contributed by atoms with van der Waals surface area (Å²) < 4.78 is 1.13. The molecule has 4 nitrogen and oxygen atoms in total. The van der Waals surface area contributed by atoms with Crippen LogP contribution in [0.1, 0.15) is 4.88 Å². The van der Waals surface area contributed by atoms with Crippen LogP contribution in [0.25, 0.3) is 16.2 Å². The van der Waals surface area contributed by atoms with Crippen LogP contribution in [0.5, 0.6) is 0 Å². The van der Waals surface area contributed by atoms with Crippen molar-refractivity contribution < 1.29 is 4.79 Å². The highest BCUT2D eigenvalue weighted by atomic mass is 35.5. The molecule has 1 aliphatic heterocycles. The van der Waals surface area contributed by atoms with E-state index >= 15 is 0 Å². The highest BCUT2D eigenvalue weighted by Gasteiger charge is 2.14. The largest absolute Gasteiger partial charge is 0.304 e. The Balaban J connectivity index is 1.65. The predicted molar refractivity (Wildman–Crippen MR) is 93.1 cm³/mol. The fraction of sp³-hybridized carbons (Fsp3) is 0.312. The van der Waals surface area contributed by atoms with E-state index in [1.807, 2.05) is 29.3 Å². The van der Waals surface area contributed by atoms with Gasteiger partial charge >= 0.3 is 0 Å².